The van der Waals surface area contributed by atoms with Crippen molar-refractivity contribution in [2.45, 2.75) is 58.6 Å². The van der Waals surface area contributed by atoms with Crippen molar-refractivity contribution in [3.8, 4) is 0 Å². The van der Waals surface area contributed by atoms with Gasteiger partial charge in [-0.05, 0) is 23.5 Å². The molecule has 0 bridgehead atoms. The Morgan fingerprint density at radius 3 is 2.39 bits per heavy atom. The van der Waals surface area contributed by atoms with E-state index in [0.29, 0.717) is 6.04 Å². The van der Waals surface area contributed by atoms with Crippen molar-refractivity contribution < 1.29 is 5.11 Å². The Hall–Kier alpha value is -1.09. The monoisotopic (exact) mass is 248 g/mol. The minimum atomic E-state index is -0.205. The van der Waals surface area contributed by atoms with Gasteiger partial charge in [0.15, 0.2) is 0 Å². The number of hydrogen-bond donors (Lipinski definition) is 2. The molecule has 1 aliphatic carbocycles. The van der Waals surface area contributed by atoms with Gasteiger partial charge in [-0.1, -0.05) is 40.7 Å². The Kier molecular flexibility index (Phi) is 3.14. The molecule has 100 valence electrons. The van der Waals surface area contributed by atoms with Crippen LogP contribution in [0.3, 0.4) is 0 Å². The van der Waals surface area contributed by atoms with Gasteiger partial charge in [0, 0.05) is 17.7 Å². The summed E-state index contributed by atoms with van der Waals surface area (Å²) in [5.74, 6) is 0.896. The molecule has 2 unspecified atom stereocenters. The Labute approximate surface area is 110 Å². The first-order chi connectivity index (χ1) is 8.21. The molecule has 0 aliphatic heterocycles. The van der Waals surface area contributed by atoms with Crippen LogP contribution >= 0.6 is 0 Å². The zero-order chi connectivity index (χ0) is 13.6. The lowest BCUT2D eigenvalue weighted by atomic mass is 9.64. The van der Waals surface area contributed by atoms with Crippen molar-refractivity contribution in [3.63, 3.8) is 0 Å². The van der Waals surface area contributed by atoms with E-state index >= 15 is 0 Å². The summed E-state index contributed by atoms with van der Waals surface area (Å²) in [7, 11) is 0. The van der Waals surface area contributed by atoms with Crippen LogP contribution in [0.1, 0.15) is 46.6 Å². The Bertz CT molecular complexity index is 417. The molecule has 2 N–H and O–H groups in total. The molecule has 0 amide bonds. The molecule has 1 aromatic rings. The summed E-state index contributed by atoms with van der Waals surface area (Å²) in [6.45, 7) is 10.7. The van der Waals surface area contributed by atoms with Gasteiger partial charge in [0.25, 0.3) is 0 Å². The molecule has 3 nitrogen and oxygen atoms in total. The van der Waals surface area contributed by atoms with Crippen molar-refractivity contribution >= 4 is 5.82 Å². The van der Waals surface area contributed by atoms with Gasteiger partial charge in [0.05, 0.1) is 6.10 Å². The fourth-order valence-electron chi connectivity index (χ4n) is 2.25. The highest BCUT2D eigenvalue weighted by molar-refractivity contribution is 5.39. The lowest BCUT2D eigenvalue weighted by Crippen LogP contribution is -2.57. The van der Waals surface area contributed by atoms with Crippen LogP contribution < -0.4 is 5.32 Å². The Morgan fingerprint density at radius 1 is 1.33 bits per heavy atom. The zero-order valence-electron chi connectivity index (χ0n) is 12.0. The van der Waals surface area contributed by atoms with E-state index in [-0.39, 0.29) is 16.9 Å². The summed E-state index contributed by atoms with van der Waals surface area (Å²) < 4.78 is 0. The number of anilines is 1. The standard InChI is InChI=1S/C15H24N2O/c1-14(2,3)10-6-7-13(16-9-10)17-11-8-12(18)15(11,4)5/h6-7,9,11-12,18H,8H2,1-5H3,(H,16,17). The molecule has 3 heteroatoms. The summed E-state index contributed by atoms with van der Waals surface area (Å²) in [5.41, 5.74) is 1.31. The third-order valence-electron chi connectivity index (χ3n) is 4.17. The molecule has 0 radical (unpaired) electrons. The molecule has 0 spiro atoms. The van der Waals surface area contributed by atoms with E-state index in [0.717, 1.165) is 12.2 Å². The number of nitrogens with zero attached hydrogens (tertiary/aromatic N) is 1. The molecule has 2 atom stereocenters. The highest BCUT2D eigenvalue weighted by atomic mass is 16.3. The van der Waals surface area contributed by atoms with Crippen molar-refractivity contribution in [1.29, 1.82) is 0 Å². The Balaban J connectivity index is 2.04. The van der Waals surface area contributed by atoms with Gasteiger partial charge in [-0.15, -0.1) is 0 Å². The molecule has 1 aromatic heterocycles. The van der Waals surface area contributed by atoms with Crippen molar-refractivity contribution in [2.24, 2.45) is 5.41 Å². The molecule has 1 heterocycles. The van der Waals surface area contributed by atoms with E-state index in [9.17, 15) is 5.11 Å². The molecule has 0 aromatic carbocycles. The normalized spacial score (nSPS) is 26.6. The first kappa shape index (κ1) is 13.3. The number of aromatic nitrogens is 1. The highest BCUT2D eigenvalue weighted by Gasteiger charge is 2.47. The fraction of sp³-hybridized carbons (Fsp3) is 0.667. The topological polar surface area (TPSA) is 45.1 Å². The molecular formula is C15H24N2O. The number of pyridine rings is 1. The summed E-state index contributed by atoms with van der Waals surface area (Å²) in [6.07, 6.45) is 2.53. The van der Waals surface area contributed by atoms with Gasteiger partial charge >= 0.3 is 0 Å². The van der Waals surface area contributed by atoms with Gasteiger partial charge in [-0.25, -0.2) is 4.98 Å². The minimum absolute atomic E-state index is 0.0651. The van der Waals surface area contributed by atoms with Gasteiger partial charge in [-0.3, -0.25) is 0 Å². The molecule has 1 saturated carbocycles. The number of nitrogens with one attached hydrogen (secondary N) is 1. The number of rotatable bonds is 2. The lowest BCUT2D eigenvalue weighted by molar-refractivity contribution is -0.0511. The third kappa shape index (κ3) is 2.37. The average molecular weight is 248 g/mol. The summed E-state index contributed by atoms with van der Waals surface area (Å²) in [4.78, 5) is 4.46. The molecule has 0 saturated heterocycles. The fourth-order valence-corrected chi connectivity index (χ4v) is 2.25. The van der Waals surface area contributed by atoms with Crippen LogP contribution in [0.5, 0.6) is 0 Å². The van der Waals surface area contributed by atoms with Crippen LogP contribution in [0.25, 0.3) is 0 Å². The molecular weight excluding hydrogens is 224 g/mol. The van der Waals surface area contributed by atoms with E-state index in [1.165, 1.54) is 5.56 Å². The highest BCUT2D eigenvalue weighted by Crippen LogP contribution is 2.42. The average Bonchev–Trinajstić information content (AvgIpc) is 2.28. The SMILES string of the molecule is CC(C)(C)c1ccc(NC2CC(O)C2(C)C)nc1. The van der Waals surface area contributed by atoms with Crippen LogP contribution in [0.2, 0.25) is 0 Å². The van der Waals surface area contributed by atoms with Crippen LogP contribution in [0.15, 0.2) is 18.3 Å². The number of aliphatic hydroxyl groups is 1. The predicted octanol–water partition coefficient (Wildman–Crippen LogP) is 2.95. The second-order valence-corrected chi connectivity index (χ2v) is 6.95. The first-order valence-corrected chi connectivity index (χ1v) is 6.62. The zero-order valence-corrected chi connectivity index (χ0v) is 12.0. The first-order valence-electron chi connectivity index (χ1n) is 6.62. The maximum atomic E-state index is 9.71. The molecule has 18 heavy (non-hydrogen) atoms. The summed E-state index contributed by atoms with van der Waals surface area (Å²) >= 11 is 0. The van der Waals surface area contributed by atoms with Crippen LogP contribution in [0, 0.1) is 5.41 Å². The lowest BCUT2D eigenvalue weighted by Gasteiger charge is -2.49. The third-order valence-corrected chi connectivity index (χ3v) is 4.17. The van der Waals surface area contributed by atoms with Crippen molar-refractivity contribution in [3.05, 3.63) is 23.9 Å². The van der Waals surface area contributed by atoms with Crippen LogP contribution in [0.4, 0.5) is 5.82 Å². The summed E-state index contributed by atoms with van der Waals surface area (Å²) in [6, 6.07) is 4.46. The van der Waals surface area contributed by atoms with E-state index in [4.69, 9.17) is 0 Å². The second-order valence-electron chi connectivity index (χ2n) is 6.95. The van der Waals surface area contributed by atoms with Gasteiger partial charge in [0.1, 0.15) is 5.82 Å². The van der Waals surface area contributed by atoms with E-state index in [1.54, 1.807) is 0 Å². The summed E-state index contributed by atoms with van der Waals surface area (Å²) in [5, 5.41) is 13.1. The predicted molar refractivity (Wildman–Crippen MR) is 74.8 cm³/mol. The smallest absolute Gasteiger partial charge is 0.126 e. The van der Waals surface area contributed by atoms with Gasteiger partial charge < -0.3 is 10.4 Å². The van der Waals surface area contributed by atoms with E-state index in [2.05, 4.69) is 51.0 Å². The quantitative estimate of drug-likeness (QED) is 0.846. The van der Waals surface area contributed by atoms with Gasteiger partial charge in [0.2, 0.25) is 0 Å². The molecule has 1 aliphatic rings. The van der Waals surface area contributed by atoms with E-state index in [1.807, 2.05) is 12.3 Å². The maximum Gasteiger partial charge on any atom is 0.126 e. The van der Waals surface area contributed by atoms with Crippen LogP contribution in [-0.4, -0.2) is 22.2 Å². The van der Waals surface area contributed by atoms with Crippen molar-refractivity contribution in [2.75, 3.05) is 5.32 Å². The maximum absolute atomic E-state index is 9.71. The Morgan fingerprint density at radius 2 is 2.00 bits per heavy atom. The largest absolute Gasteiger partial charge is 0.392 e. The second kappa shape index (κ2) is 4.23. The molecule has 1 fully saturated rings. The van der Waals surface area contributed by atoms with Crippen molar-refractivity contribution in [1.82, 2.24) is 4.98 Å². The molecule has 2 rings (SSSR count). The minimum Gasteiger partial charge on any atom is -0.392 e. The number of hydrogen-bond acceptors (Lipinski definition) is 3. The van der Waals surface area contributed by atoms with Gasteiger partial charge in [-0.2, -0.15) is 0 Å². The van der Waals surface area contributed by atoms with E-state index < -0.39 is 0 Å². The van der Waals surface area contributed by atoms with Crippen LogP contribution in [-0.2, 0) is 5.41 Å². The number of aliphatic hydroxyl groups excluding tert-OH is 1.